The minimum atomic E-state index is 0.448. The number of anilines is 2. The van der Waals surface area contributed by atoms with Gasteiger partial charge in [-0.05, 0) is 24.3 Å². The molecule has 4 aromatic rings. The predicted octanol–water partition coefficient (Wildman–Crippen LogP) is 3.58. The van der Waals surface area contributed by atoms with Crippen molar-refractivity contribution in [2.24, 2.45) is 0 Å². The second-order valence-corrected chi connectivity index (χ2v) is 5.93. The summed E-state index contributed by atoms with van der Waals surface area (Å²) >= 11 is 0. The van der Waals surface area contributed by atoms with Gasteiger partial charge in [0.25, 0.3) is 0 Å². The highest BCUT2D eigenvalue weighted by atomic mass is 16.5. The molecule has 2 heterocycles. The first-order valence-electron chi connectivity index (χ1n) is 8.56. The lowest BCUT2D eigenvalue weighted by atomic mass is 10.3. The summed E-state index contributed by atoms with van der Waals surface area (Å²) in [5.74, 6) is 2.47. The fraction of sp³-hybridized carbons (Fsp3) is 0.150. The van der Waals surface area contributed by atoms with E-state index in [1.807, 2.05) is 42.5 Å². The fourth-order valence-corrected chi connectivity index (χ4v) is 2.85. The van der Waals surface area contributed by atoms with Crippen LogP contribution in [0.25, 0.3) is 16.7 Å². The van der Waals surface area contributed by atoms with Crippen LogP contribution in [0.2, 0.25) is 0 Å². The molecular formula is C20H19N5O3. The Morgan fingerprint density at radius 1 is 0.893 bits per heavy atom. The van der Waals surface area contributed by atoms with Crippen molar-refractivity contribution in [3.63, 3.8) is 0 Å². The number of hydrogen-bond acceptors (Lipinski definition) is 7. The van der Waals surface area contributed by atoms with Crippen molar-refractivity contribution in [3.8, 4) is 22.9 Å². The van der Waals surface area contributed by atoms with Crippen LogP contribution in [0.15, 0.2) is 54.9 Å². The topological polar surface area (TPSA) is 83.3 Å². The molecule has 0 saturated heterocycles. The molecule has 0 aliphatic heterocycles. The Bertz CT molecular complexity index is 1130. The van der Waals surface area contributed by atoms with E-state index in [1.54, 1.807) is 38.4 Å². The van der Waals surface area contributed by atoms with Gasteiger partial charge >= 0.3 is 0 Å². The van der Waals surface area contributed by atoms with Gasteiger partial charge in [0, 0.05) is 24.0 Å². The normalized spacial score (nSPS) is 10.7. The SMILES string of the molecule is COc1cccc(-n2ncc3cnc(Nc4ccc(OC)c(OC)c4)nc32)c1. The van der Waals surface area contributed by atoms with E-state index in [2.05, 4.69) is 20.4 Å². The summed E-state index contributed by atoms with van der Waals surface area (Å²) in [6, 6.07) is 13.1. The molecule has 28 heavy (non-hydrogen) atoms. The Balaban J connectivity index is 1.70. The van der Waals surface area contributed by atoms with E-state index in [9.17, 15) is 0 Å². The zero-order valence-electron chi connectivity index (χ0n) is 15.7. The third kappa shape index (κ3) is 3.27. The smallest absolute Gasteiger partial charge is 0.229 e. The van der Waals surface area contributed by atoms with Gasteiger partial charge in [-0.2, -0.15) is 10.1 Å². The van der Waals surface area contributed by atoms with Crippen molar-refractivity contribution in [1.29, 1.82) is 0 Å². The molecule has 8 nitrogen and oxygen atoms in total. The Morgan fingerprint density at radius 3 is 2.54 bits per heavy atom. The lowest BCUT2D eigenvalue weighted by Gasteiger charge is -2.10. The number of nitrogens with zero attached hydrogens (tertiary/aromatic N) is 4. The van der Waals surface area contributed by atoms with Crippen LogP contribution >= 0.6 is 0 Å². The third-order valence-corrected chi connectivity index (χ3v) is 4.25. The van der Waals surface area contributed by atoms with Gasteiger partial charge in [-0.15, -0.1) is 0 Å². The number of hydrogen-bond donors (Lipinski definition) is 1. The van der Waals surface area contributed by atoms with Crippen molar-refractivity contribution < 1.29 is 14.2 Å². The molecule has 2 aromatic carbocycles. The van der Waals surface area contributed by atoms with Gasteiger partial charge in [0.05, 0.1) is 38.6 Å². The zero-order valence-corrected chi connectivity index (χ0v) is 15.7. The number of methoxy groups -OCH3 is 3. The summed E-state index contributed by atoms with van der Waals surface area (Å²) in [5, 5.41) is 8.46. The van der Waals surface area contributed by atoms with Crippen LogP contribution in [0.1, 0.15) is 0 Å². The van der Waals surface area contributed by atoms with Gasteiger partial charge in [0.1, 0.15) is 5.75 Å². The van der Waals surface area contributed by atoms with E-state index in [0.29, 0.717) is 23.1 Å². The van der Waals surface area contributed by atoms with Crippen molar-refractivity contribution in [3.05, 3.63) is 54.9 Å². The first kappa shape index (κ1) is 17.6. The molecule has 0 radical (unpaired) electrons. The summed E-state index contributed by atoms with van der Waals surface area (Å²) in [4.78, 5) is 8.99. The number of nitrogens with one attached hydrogen (secondary N) is 1. The first-order chi connectivity index (χ1) is 13.7. The second kappa shape index (κ2) is 7.43. The molecule has 0 aliphatic rings. The predicted molar refractivity (Wildman–Crippen MR) is 106 cm³/mol. The molecular weight excluding hydrogens is 358 g/mol. The number of benzene rings is 2. The molecule has 142 valence electrons. The minimum Gasteiger partial charge on any atom is -0.497 e. The highest BCUT2D eigenvalue weighted by molar-refractivity contribution is 5.77. The van der Waals surface area contributed by atoms with Crippen LogP contribution in [0.3, 0.4) is 0 Å². The maximum absolute atomic E-state index is 5.34. The highest BCUT2D eigenvalue weighted by Gasteiger charge is 2.11. The van der Waals surface area contributed by atoms with Gasteiger partial charge in [-0.1, -0.05) is 6.07 Å². The molecule has 0 atom stereocenters. The van der Waals surface area contributed by atoms with Crippen LogP contribution < -0.4 is 19.5 Å². The van der Waals surface area contributed by atoms with Crippen LogP contribution in [0.4, 0.5) is 11.6 Å². The zero-order chi connectivity index (χ0) is 19.5. The summed E-state index contributed by atoms with van der Waals surface area (Å²) < 4.78 is 17.7. The van der Waals surface area contributed by atoms with Gasteiger partial charge in [0.2, 0.25) is 5.95 Å². The average molecular weight is 377 g/mol. The van der Waals surface area contributed by atoms with Crippen LogP contribution in [0.5, 0.6) is 17.2 Å². The van der Waals surface area contributed by atoms with E-state index < -0.39 is 0 Å². The Morgan fingerprint density at radius 2 is 1.75 bits per heavy atom. The monoisotopic (exact) mass is 377 g/mol. The van der Waals surface area contributed by atoms with E-state index in [0.717, 1.165) is 22.5 Å². The summed E-state index contributed by atoms with van der Waals surface area (Å²) in [7, 11) is 4.83. The number of fused-ring (bicyclic) bond motifs is 1. The van der Waals surface area contributed by atoms with Crippen molar-refractivity contribution in [2.75, 3.05) is 26.6 Å². The van der Waals surface area contributed by atoms with Crippen molar-refractivity contribution in [2.45, 2.75) is 0 Å². The molecule has 0 fully saturated rings. The van der Waals surface area contributed by atoms with Gasteiger partial charge in [-0.25, -0.2) is 9.67 Å². The van der Waals surface area contributed by atoms with E-state index in [-0.39, 0.29) is 0 Å². The Hall–Kier alpha value is -3.81. The number of aromatic nitrogens is 4. The molecule has 0 unspecified atom stereocenters. The number of ether oxygens (including phenoxy) is 3. The van der Waals surface area contributed by atoms with Crippen LogP contribution in [0, 0.1) is 0 Å². The summed E-state index contributed by atoms with van der Waals surface area (Å²) in [6.07, 6.45) is 3.46. The molecule has 4 rings (SSSR count). The largest absolute Gasteiger partial charge is 0.497 e. The van der Waals surface area contributed by atoms with E-state index >= 15 is 0 Å². The van der Waals surface area contributed by atoms with Crippen molar-refractivity contribution >= 4 is 22.7 Å². The van der Waals surface area contributed by atoms with Crippen LogP contribution in [-0.4, -0.2) is 41.1 Å². The maximum Gasteiger partial charge on any atom is 0.229 e. The minimum absolute atomic E-state index is 0.448. The summed E-state index contributed by atoms with van der Waals surface area (Å²) in [5.41, 5.74) is 2.32. The van der Waals surface area contributed by atoms with Gasteiger partial charge < -0.3 is 19.5 Å². The van der Waals surface area contributed by atoms with E-state index in [4.69, 9.17) is 14.2 Å². The standard InChI is InChI=1S/C20H19N5O3/c1-26-16-6-4-5-15(10-16)25-19-13(12-22-25)11-21-20(24-19)23-14-7-8-17(27-2)18(9-14)28-3/h4-12H,1-3H3,(H,21,23,24). The maximum atomic E-state index is 5.34. The molecule has 0 spiro atoms. The van der Waals surface area contributed by atoms with Gasteiger partial charge in [0.15, 0.2) is 17.1 Å². The van der Waals surface area contributed by atoms with Gasteiger partial charge in [-0.3, -0.25) is 0 Å². The Labute approximate surface area is 161 Å². The highest BCUT2D eigenvalue weighted by Crippen LogP contribution is 2.31. The fourth-order valence-electron chi connectivity index (χ4n) is 2.85. The lowest BCUT2D eigenvalue weighted by Crippen LogP contribution is -2.02. The molecule has 2 aromatic heterocycles. The quantitative estimate of drug-likeness (QED) is 0.550. The first-order valence-corrected chi connectivity index (χ1v) is 8.56. The molecule has 0 amide bonds. The van der Waals surface area contributed by atoms with Crippen molar-refractivity contribution in [1.82, 2.24) is 19.7 Å². The van der Waals surface area contributed by atoms with E-state index in [1.165, 1.54) is 0 Å². The second-order valence-electron chi connectivity index (χ2n) is 5.93. The Kier molecular flexibility index (Phi) is 4.67. The molecule has 0 aliphatic carbocycles. The summed E-state index contributed by atoms with van der Waals surface area (Å²) in [6.45, 7) is 0. The molecule has 8 heteroatoms. The molecule has 1 N–H and O–H groups in total. The van der Waals surface area contributed by atoms with Crippen LogP contribution in [-0.2, 0) is 0 Å². The number of rotatable bonds is 6. The lowest BCUT2D eigenvalue weighted by molar-refractivity contribution is 0.355. The third-order valence-electron chi connectivity index (χ3n) is 4.25. The molecule has 0 saturated carbocycles. The average Bonchev–Trinajstić information content (AvgIpc) is 3.17. The molecule has 0 bridgehead atoms.